The van der Waals surface area contributed by atoms with Crippen LogP contribution >= 0.6 is 11.3 Å². The van der Waals surface area contributed by atoms with Crippen LogP contribution in [0.15, 0.2) is 35.2 Å². The summed E-state index contributed by atoms with van der Waals surface area (Å²) in [5.41, 5.74) is 4.91. The van der Waals surface area contributed by atoms with Crippen LogP contribution in [-0.4, -0.2) is 30.0 Å². The first-order chi connectivity index (χ1) is 11.7. The van der Waals surface area contributed by atoms with Crippen molar-refractivity contribution in [3.63, 3.8) is 0 Å². The predicted molar refractivity (Wildman–Crippen MR) is 99.6 cm³/mol. The summed E-state index contributed by atoms with van der Waals surface area (Å²) < 4.78 is 0. The van der Waals surface area contributed by atoms with Crippen molar-refractivity contribution in [1.29, 1.82) is 0 Å². The fraction of sp³-hybridized carbons (Fsp3) is 0.444. The summed E-state index contributed by atoms with van der Waals surface area (Å²) in [5.74, 6) is 0.0341. The molecule has 1 fully saturated rings. The first kappa shape index (κ1) is 16.9. The molecule has 1 aromatic carbocycles. The molecule has 2 N–H and O–H groups in total. The maximum atomic E-state index is 12.2. The fourth-order valence-electron chi connectivity index (χ4n) is 2.92. The van der Waals surface area contributed by atoms with Crippen LogP contribution in [0.5, 0.6) is 0 Å². The van der Waals surface area contributed by atoms with E-state index in [9.17, 15) is 4.79 Å². The van der Waals surface area contributed by atoms with Gasteiger partial charge in [0.05, 0.1) is 11.2 Å². The summed E-state index contributed by atoms with van der Waals surface area (Å²) in [7, 11) is 0. The first-order valence-corrected chi connectivity index (χ1v) is 9.40. The topological polar surface area (TPSA) is 57.3 Å². The Morgan fingerprint density at radius 3 is 2.96 bits per heavy atom. The van der Waals surface area contributed by atoms with Gasteiger partial charge in [0.25, 0.3) is 0 Å². The largest absolute Gasteiger partial charge is 0.371 e. The van der Waals surface area contributed by atoms with Crippen LogP contribution in [0.2, 0.25) is 0 Å². The van der Waals surface area contributed by atoms with Gasteiger partial charge in [-0.3, -0.25) is 4.79 Å². The van der Waals surface area contributed by atoms with E-state index in [1.54, 1.807) is 11.3 Å². The number of nitrogens with one attached hydrogen (secondary N) is 2. The van der Waals surface area contributed by atoms with E-state index in [-0.39, 0.29) is 11.9 Å². The summed E-state index contributed by atoms with van der Waals surface area (Å²) in [6, 6.07) is 8.24. The number of amides is 1. The van der Waals surface area contributed by atoms with Gasteiger partial charge in [0.1, 0.15) is 0 Å². The maximum absolute atomic E-state index is 12.2. The number of hydrogen-bond acceptors (Lipinski definition) is 5. The van der Waals surface area contributed by atoms with Gasteiger partial charge in [-0.15, -0.1) is 11.3 Å². The van der Waals surface area contributed by atoms with Gasteiger partial charge in [0.15, 0.2) is 0 Å². The number of thiazole rings is 1. The normalized spacial score (nSPS) is 15.5. The molecule has 1 atom stereocenters. The van der Waals surface area contributed by atoms with E-state index in [4.69, 9.17) is 0 Å². The van der Waals surface area contributed by atoms with Crippen LogP contribution in [0.25, 0.3) is 0 Å². The van der Waals surface area contributed by atoms with E-state index in [1.807, 2.05) is 29.9 Å². The van der Waals surface area contributed by atoms with Crippen LogP contribution in [-0.2, 0) is 11.3 Å². The van der Waals surface area contributed by atoms with Gasteiger partial charge in [-0.05, 0) is 38.0 Å². The molecule has 1 aliphatic heterocycles. The highest BCUT2D eigenvalue weighted by Gasteiger charge is 2.13. The van der Waals surface area contributed by atoms with Gasteiger partial charge in [-0.2, -0.15) is 0 Å². The molecule has 1 aliphatic rings. The molecule has 128 valence electrons. The fourth-order valence-corrected chi connectivity index (χ4v) is 3.48. The molecule has 1 saturated heterocycles. The van der Waals surface area contributed by atoms with Crippen molar-refractivity contribution in [3.8, 4) is 0 Å². The van der Waals surface area contributed by atoms with Crippen molar-refractivity contribution in [2.75, 3.05) is 23.3 Å². The summed E-state index contributed by atoms with van der Waals surface area (Å²) in [4.78, 5) is 18.8. The Hall–Kier alpha value is -1.92. The summed E-state index contributed by atoms with van der Waals surface area (Å²) in [6.07, 6.45) is 2.94. The highest BCUT2D eigenvalue weighted by Crippen LogP contribution is 2.23. The molecule has 3 rings (SSSR count). The van der Waals surface area contributed by atoms with Crippen LogP contribution in [0.4, 0.5) is 11.4 Å². The van der Waals surface area contributed by atoms with Gasteiger partial charge < -0.3 is 15.5 Å². The summed E-state index contributed by atoms with van der Waals surface area (Å²) >= 11 is 1.58. The van der Waals surface area contributed by atoms with E-state index in [0.29, 0.717) is 13.0 Å². The van der Waals surface area contributed by atoms with Gasteiger partial charge >= 0.3 is 0 Å². The van der Waals surface area contributed by atoms with Crippen molar-refractivity contribution < 1.29 is 4.79 Å². The monoisotopic (exact) mass is 344 g/mol. The Labute approximate surface area is 147 Å². The minimum atomic E-state index is 0.0341. The minimum absolute atomic E-state index is 0.0341. The van der Waals surface area contributed by atoms with Crippen LogP contribution < -0.4 is 15.5 Å². The number of nitrogens with zero attached hydrogens (tertiary/aromatic N) is 2. The molecular formula is C18H24N4OS. The lowest BCUT2D eigenvalue weighted by atomic mass is 10.2. The molecular weight excluding hydrogens is 320 g/mol. The van der Waals surface area contributed by atoms with Crippen molar-refractivity contribution in [2.45, 2.75) is 38.8 Å². The van der Waals surface area contributed by atoms with E-state index in [0.717, 1.165) is 24.5 Å². The van der Waals surface area contributed by atoms with Crippen LogP contribution in [0.1, 0.15) is 31.9 Å². The summed E-state index contributed by atoms with van der Waals surface area (Å²) in [6.45, 7) is 4.93. The molecule has 1 aromatic heterocycles. The molecule has 6 heteroatoms. The average molecular weight is 344 g/mol. The van der Waals surface area contributed by atoms with E-state index in [2.05, 4.69) is 32.7 Å². The molecule has 0 bridgehead atoms. The third-order valence-corrected chi connectivity index (χ3v) is 4.84. The standard InChI is InChI=1S/C18H24N4OS/c1-14(19-11-16-12-24-13-20-16)9-18(23)21-15-5-4-6-17(10-15)22-7-2-3-8-22/h4-6,10,12-14,19H,2-3,7-9,11H2,1H3,(H,21,23). The van der Waals surface area contributed by atoms with Crippen molar-refractivity contribution in [1.82, 2.24) is 10.3 Å². The Bertz CT molecular complexity index is 653. The zero-order valence-electron chi connectivity index (χ0n) is 14.0. The number of carbonyl (C=O) groups is 1. The smallest absolute Gasteiger partial charge is 0.225 e. The average Bonchev–Trinajstić information content (AvgIpc) is 3.27. The Balaban J connectivity index is 1.48. The molecule has 0 saturated carbocycles. The molecule has 1 unspecified atom stereocenters. The Kier molecular flexibility index (Phi) is 5.82. The zero-order valence-corrected chi connectivity index (χ0v) is 14.8. The maximum Gasteiger partial charge on any atom is 0.225 e. The molecule has 0 spiro atoms. The lowest BCUT2D eigenvalue weighted by molar-refractivity contribution is -0.116. The molecule has 0 radical (unpaired) electrons. The molecule has 2 aromatic rings. The molecule has 5 nitrogen and oxygen atoms in total. The predicted octanol–water partition coefficient (Wildman–Crippen LogP) is 3.25. The lowest BCUT2D eigenvalue weighted by Gasteiger charge is -2.19. The SMILES string of the molecule is CC(CC(=O)Nc1cccc(N2CCCC2)c1)NCc1cscn1. The van der Waals surface area contributed by atoms with Crippen molar-refractivity contribution >= 4 is 28.6 Å². The Morgan fingerprint density at radius 2 is 2.21 bits per heavy atom. The molecule has 1 amide bonds. The summed E-state index contributed by atoms with van der Waals surface area (Å²) in [5, 5.41) is 8.36. The van der Waals surface area contributed by atoms with Gasteiger partial charge in [-0.1, -0.05) is 6.07 Å². The van der Waals surface area contributed by atoms with Gasteiger partial charge in [0.2, 0.25) is 5.91 Å². The third kappa shape index (κ3) is 4.79. The van der Waals surface area contributed by atoms with E-state index in [1.165, 1.54) is 18.5 Å². The molecule has 0 aliphatic carbocycles. The third-order valence-electron chi connectivity index (χ3n) is 4.21. The molecule has 2 heterocycles. The quantitative estimate of drug-likeness (QED) is 0.809. The first-order valence-electron chi connectivity index (χ1n) is 8.46. The minimum Gasteiger partial charge on any atom is -0.371 e. The highest BCUT2D eigenvalue weighted by atomic mass is 32.1. The second-order valence-electron chi connectivity index (χ2n) is 6.26. The lowest BCUT2D eigenvalue weighted by Crippen LogP contribution is -2.30. The van der Waals surface area contributed by atoms with Crippen molar-refractivity contribution in [3.05, 3.63) is 40.8 Å². The van der Waals surface area contributed by atoms with Crippen LogP contribution in [0, 0.1) is 0 Å². The van der Waals surface area contributed by atoms with Gasteiger partial charge in [-0.25, -0.2) is 4.98 Å². The number of rotatable bonds is 7. The second kappa shape index (κ2) is 8.26. The van der Waals surface area contributed by atoms with E-state index < -0.39 is 0 Å². The number of hydrogen-bond donors (Lipinski definition) is 2. The zero-order chi connectivity index (χ0) is 16.8. The van der Waals surface area contributed by atoms with Gasteiger partial charge in [0, 0.05) is 48.9 Å². The number of aromatic nitrogens is 1. The highest BCUT2D eigenvalue weighted by molar-refractivity contribution is 7.07. The Morgan fingerprint density at radius 1 is 1.38 bits per heavy atom. The second-order valence-corrected chi connectivity index (χ2v) is 6.98. The number of carbonyl (C=O) groups excluding carboxylic acids is 1. The molecule has 24 heavy (non-hydrogen) atoms. The number of benzene rings is 1. The van der Waals surface area contributed by atoms with E-state index >= 15 is 0 Å². The number of anilines is 2. The van der Waals surface area contributed by atoms with Crippen LogP contribution in [0.3, 0.4) is 0 Å². The van der Waals surface area contributed by atoms with Crippen molar-refractivity contribution in [2.24, 2.45) is 0 Å².